The Balaban J connectivity index is 1.66. The van der Waals surface area contributed by atoms with E-state index in [1.165, 1.54) is 0 Å². The fraction of sp³-hybridized carbons (Fsp3) is 0.619. The van der Waals surface area contributed by atoms with Crippen molar-refractivity contribution in [1.82, 2.24) is 9.80 Å². The molecule has 33 heavy (non-hydrogen) atoms. The Labute approximate surface area is 186 Å². The van der Waals surface area contributed by atoms with Crippen molar-refractivity contribution in [2.45, 2.75) is 63.1 Å². The van der Waals surface area contributed by atoms with Crippen LogP contribution in [0.1, 0.15) is 47.2 Å². The lowest BCUT2D eigenvalue weighted by Gasteiger charge is -2.45. The summed E-state index contributed by atoms with van der Waals surface area (Å²) in [7, 11) is 0. The smallest absolute Gasteiger partial charge is 0.434 e. The van der Waals surface area contributed by atoms with E-state index in [1.807, 2.05) is 6.07 Å². The number of halogens is 6. The van der Waals surface area contributed by atoms with Gasteiger partial charge in [0, 0.05) is 25.2 Å². The minimum absolute atomic E-state index is 0.0358. The van der Waals surface area contributed by atoms with Crippen LogP contribution in [0.25, 0.3) is 0 Å². The number of hydrogen-bond donors (Lipinski definition) is 1. The number of ether oxygens (including phenoxy) is 1. The van der Waals surface area contributed by atoms with Crippen molar-refractivity contribution in [1.29, 1.82) is 0 Å². The molecule has 2 heterocycles. The highest BCUT2D eigenvalue weighted by molar-refractivity contribution is 5.88. The van der Waals surface area contributed by atoms with Crippen molar-refractivity contribution >= 4 is 12.1 Å². The molecule has 1 spiro atoms. The average Bonchev–Trinajstić information content (AvgIpc) is 3.05. The molecule has 6 nitrogen and oxygen atoms in total. The molecule has 184 valence electrons. The first-order valence-electron chi connectivity index (χ1n) is 10.4. The quantitative estimate of drug-likeness (QED) is 0.628. The number of amides is 1. The number of benzene rings is 1. The maximum absolute atomic E-state index is 12.7. The van der Waals surface area contributed by atoms with E-state index in [0.29, 0.717) is 25.9 Å². The molecular formula is C21H24F6N2O4. The summed E-state index contributed by atoms with van der Waals surface area (Å²) in [6.45, 7) is 2.88. The lowest BCUT2D eigenvalue weighted by molar-refractivity contribution is -0.308. The molecular weight excluding hydrogens is 458 g/mol. The summed E-state index contributed by atoms with van der Waals surface area (Å²) in [6.07, 6.45) is -15.0. The standard InChI is InChI=1S/C21H24F6N2O4/c1-13-9-14(11-15(10-13)16(30)31)12-29-6-2-3-19(29)4-7-28(8-5-19)18(32)33-17(20(22,23)24)21(25,26)27/h9-11,17H,2-8,12H2,1H3,(H,30,31). The van der Waals surface area contributed by atoms with Gasteiger partial charge in [-0.3, -0.25) is 4.90 Å². The molecule has 1 N–H and O–H groups in total. The number of nitrogens with zero attached hydrogens (tertiary/aromatic N) is 2. The molecule has 1 aromatic rings. The molecule has 1 aromatic carbocycles. The molecule has 0 saturated carbocycles. The van der Waals surface area contributed by atoms with Crippen LogP contribution in [0.2, 0.25) is 0 Å². The summed E-state index contributed by atoms with van der Waals surface area (Å²) in [5.41, 5.74) is 1.39. The third kappa shape index (κ3) is 5.71. The van der Waals surface area contributed by atoms with Gasteiger partial charge < -0.3 is 14.7 Å². The lowest BCUT2D eigenvalue weighted by Crippen LogP contribution is -2.54. The van der Waals surface area contributed by atoms with Gasteiger partial charge in [0.05, 0.1) is 5.56 Å². The van der Waals surface area contributed by atoms with Gasteiger partial charge in [0.15, 0.2) is 0 Å². The van der Waals surface area contributed by atoms with Crippen LogP contribution in [0, 0.1) is 6.92 Å². The summed E-state index contributed by atoms with van der Waals surface area (Å²) < 4.78 is 79.9. The zero-order valence-electron chi connectivity index (χ0n) is 17.8. The van der Waals surface area contributed by atoms with Crippen LogP contribution >= 0.6 is 0 Å². The number of carboxylic acid groups (broad SMARTS) is 1. The van der Waals surface area contributed by atoms with Crippen molar-refractivity contribution in [2.75, 3.05) is 19.6 Å². The van der Waals surface area contributed by atoms with Gasteiger partial charge in [-0.15, -0.1) is 0 Å². The predicted molar refractivity (Wildman–Crippen MR) is 104 cm³/mol. The summed E-state index contributed by atoms with van der Waals surface area (Å²) in [5, 5.41) is 9.28. The maximum Gasteiger partial charge on any atom is 0.434 e. The van der Waals surface area contributed by atoms with E-state index in [1.54, 1.807) is 19.1 Å². The number of likely N-dealkylation sites (tertiary alicyclic amines) is 2. The number of piperidine rings is 1. The Bertz CT molecular complexity index is 880. The molecule has 3 rings (SSSR count). The highest BCUT2D eigenvalue weighted by Gasteiger charge is 2.60. The molecule has 1 amide bonds. The molecule has 0 unspecified atom stereocenters. The second kappa shape index (κ2) is 9.03. The fourth-order valence-electron chi connectivity index (χ4n) is 4.70. The minimum atomic E-state index is -5.75. The number of carbonyl (C=O) groups is 2. The zero-order chi connectivity index (χ0) is 24.6. The largest absolute Gasteiger partial charge is 0.478 e. The van der Waals surface area contributed by atoms with Crippen molar-refractivity contribution in [3.05, 3.63) is 34.9 Å². The van der Waals surface area contributed by atoms with Crippen LogP contribution in [0.3, 0.4) is 0 Å². The first-order chi connectivity index (χ1) is 15.2. The Morgan fingerprint density at radius 1 is 1.03 bits per heavy atom. The Kier molecular flexibility index (Phi) is 6.88. The monoisotopic (exact) mass is 482 g/mol. The Hall–Kier alpha value is -2.50. The molecule has 2 saturated heterocycles. The molecule has 12 heteroatoms. The van der Waals surface area contributed by atoms with Gasteiger partial charge in [0.2, 0.25) is 0 Å². The number of rotatable bonds is 4. The van der Waals surface area contributed by atoms with Crippen molar-refractivity contribution < 1.29 is 45.8 Å². The molecule has 2 aliphatic rings. The maximum atomic E-state index is 12.7. The molecule has 2 fully saturated rings. The van der Waals surface area contributed by atoms with Gasteiger partial charge in [0.1, 0.15) is 0 Å². The SMILES string of the molecule is Cc1cc(CN2CCCC23CCN(C(=O)OC(C(F)(F)F)C(F)(F)F)CC3)cc(C(=O)O)c1. The number of alkyl halides is 6. The van der Waals surface area contributed by atoms with Gasteiger partial charge >= 0.3 is 24.4 Å². The number of hydrogen-bond acceptors (Lipinski definition) is 4. The van der Waals surface area contributed by atoms with Gasteiger partial charge in [-0.2, -0.15) is 26.3 Å². The first kappa shape index (κ1) is 25.1. The van der Waals surface area contributed by atoms with Gasteiger partial charge in [-0.05, 0) is 62.4 Å². The molecule has 0 aromatic heterocycles. The summed E-state index contributed by atoms with van der Waals surface area (Å²) in [5.74, 6) is -1.04. The Morgan fingerprint density at radius 3 is 2.18 bits per heavy atom. The van der Waals surface area contributed by atoms with Crippen LogP contribution < -0.4 is 0 Å². The topological polar surface area (TPSA) is 70.1 Å². The highest BCUT2D eigenvalue weighted by Crippen LogP contribution is 2.40. The Morgan fingerprint density at radius 2 is 1.64 bits per heavy atom. The van der Waals surface area contributed by atoms with E-state index in [0.717, 1.165) is 28.9 Å². The number of carbonyl (C=O) groups excluding carboxylic acids is 1. The third-order valence-electron chi connectivity index (χ3n) is 6.26. The van der Waals surface area contributed by atoms with Crippen molar-refractivity contribution in [3.8, 4) is 0 Å². The van der Waals surface area contributed by atoms with E-state index in [9.17, 15) is 41.0 Å². The highest BCUT2D eigenvalue weighted by atomic mass is 19.4. The van der Waals surface area contributed by atoms with Crippen LogP contribution in [-0.2, 0) is 11.3 Å². The zero-order valence-corrected chi connectivity index (χ0v) is 17.8. The van der Waals surface area contributed by atoms with E-state index < -0.39 is 30.5 Å². The van der Waals surface area contributed by atoms with Crippen molar-refractivity contribution in [3.63, 3.8) is 0 Å². The van der Waals surface area contributed by atoms with Crippen LogP contribution in [0.5, 0.6) is 0 Å². The predicted octanol–water partition coefficient (Wildman–Crippen LogP) is 4.75. The summed E-state index contributed by atoms with van der Waals surface area (Å²) in [6, 6.07) is 5.02. The van der Waals surface area contributed by atoms with E-state index in [4.69, 9.17) is 0 Å². The molecule has 0 atom stereocenters. The summed E-state index contributed by atoms with van der Waals surface area (Å²) in [4.78, 5) is 26.4. The van der Waals surface area contributed by atoms with E-state index in [-0.39, 0.29) is 24.2 Å². The van der Waals surface area contributed by atoms with E-state index in [2.05, 4.69) is 9.64 Å². The van der Waals surface area contributed by atoms with Crippen LogP contribution in [-0.4, -0.2) is 70.6 Å². The second-order valence-electron chi connectivity index (χ2n) is 8.60. The van der Waals surface area contributed by atoms with Gasteiger partial charge in [-0.25, -0.2) is 9.59 Å². The fourth-order valence-corrected chi connectivity index (χ4v) is 4.70. The van der Waals surface area contributed by atoms with Gasteiger partial charge in [-0.1, -0.05) is 6.07 Å². The second-order valence-corrected chi connectivity index (χ2v) is 8.60. The number of aromatic carboxylic acids is 1. The van der Waals surface area contributed by atoms with Crippen LogP contribution in [0.4, 0.5) is 31.1 Å². The van der Waals surface area contributed by atoms with Crippen molar-refractivity contribution in [2.24, 2.45) is 0 Å². The first-order valence-corrected chi connectivity index (χ1v) is 10.4. The lowest BCUT2D eigenvalue weighted by atomic mass is 9.84. The summed E-state index contributed by atoms with van der Waals surface area (Å²) >= 11 is 0. The number of aryl methyl sites for hydroxylation is 1. The van der Waals surface area contributed by atoms with Crippen LogP contribution in [0.15, 0.2) is 18.2 Å². The number of carboxylic acids is 1. The molecule has 2 aliphatic heterocycles. The van der Waals surface area contributed by atoms with Gasteiger partial charge in [0.25, 0.3) is 6.10 Å². The normalized spacial score (nSPS) is 19.3. The molecule has 0 aliphatic carbocycles. The third-order valence-corrected chi connectivity index (χ3v) is 6.26. The molecule has 0 radical (unpaired) electrons. The molecule has 0 bridgehead atoms. The minimum Gasteiger partial charge on any atom is -0.478 e. The van der Waals surface area contributed by atoms with E-state index >= 15 is 0 Å². The average molecular weight is 482 g/mol.